The number of nitrogens with one attached hydrogen (secondary N) is 1. The molecule has 0 saturated heterocycles. The number of anilines is 2. The molecule has 0 bridgehead atoms. The van der Waals surface area contributed by atoms with Gasteiger partial charge in [0.15, 0.2) is 11.9 Å². The summed E-state index contributed by atoms with van der Waals surface area (Å²) in [5.74, 6) is 0.399. The van der Waals surface area contributed by atoms with Crippen LogP contribution < -0.4 is 15.8 Å². The number of para-hydroxylation sites is 1. The van der Waals surface area contributed by atoms with Gasteiger partial charge in [0.05, 0.1) is 18.0 Å². The van der Waals surface area contributed by atoms with E-state index in [1.807, 2.05) is 6.92 Å². The van der Waals surface area contributed by atoms with Crippen LogP contribution in [0.5, 0.6) is 5.75 Å². The van der Waals surface area contributed by atoms with Crippen LogP contribution in [0.15, 0.2) is 18.2 Å². The van der Waals surface area contributed by atoms with E-state index in [-0.39, 0.29) is 5.91 Å². The van der Waals surface area contributed by atoms with Gasteiger partial charge in [-0.2, -0.15) is 0 Å². The molecular formula is C12H16N2O3. The number of rotatable bonds is 4. The summed E-state index contributed by atoms with van der Waals surface area (Å²) in [4.78, 5) is 11.7. The molecule has 0 aromatic heterocycles. The maximum absolute atomic E-state index is 11.7. The molecule has 1 aromatic rings. The van der Waals surface area contributed by atoms with Crippen LogP contribution in [-0.2, 0) is 9.53 Å². The van der Waals surface area contributed by atoms with Crippen molar-refractivity contribution in [3.05, 3.63) is 18.2 Å². The summed E-state index contributed by atoms with van der Waals surface area (Å²) in [7, 11) is 0. The van der Waals surface area contributed by atoms with Gasteiger partial charge in [-0.05, 0) is 19.1 Å². The predicted molar refractivity (Wildman–Crippen MR) is 65.0 cm³/mol. The second-order valence-electron chi connectivity index (χ2n) is 3.81. The summed E-state index contributed by atoms with van der Waals surface area (Å²) in [6.07, 6.45) is -0.00766. The molecule has 0 aliphatic carbocycles. The van der Waals surface area contributed by atoms with E-state index in [9.17, 15) is 4.79 Å². The number of carbonyl (C=O) groups excluding carboxylic acids is 1. The number of benzene rings is 1. The van der Waals surface area contributed by atoms with E-state index in [1.54, 1.807) is 18.2 Å². The summed E-state index contributed by atoms with van der Waals surface area (Å²) >= 11 is 0. The molecule has 1 aromatic carbocycles. The number of ether oxygens (including phenoxy) is 2. The normalized spacial score (nSPS) is 18.2. The third kappa shape index (κ3) is 2.50. The quantitative estimate of drug-likeness (QED) is 0.612. The molecule has 1 aliphatic rings. The first-order valence-corrected chi connectivity index (χ1v) is 5.66. The molecule has 3 N–H and O–H groups in total. The van der Waals surface area contributed by atoms with Crippen molar-refractivity contribution in [2.75, 3.05) is 24.3 Å². The Morgan fingerprint density at radius 2 is 2.35 bits per heavy atom. The monoisotopic (exact) mass is 236 g/mol. The van der Waals surface area contributed by atoms with Crippen molar-refractivity contribution in [3.63, 3.8) is 0 Å². The number of fused-ring (bicyclic) bond motifs is 1. The summed E-state index contributed by atoms with van der Waals surface area (Å²) in [6.45, 7) is 3.04. The van der Waals surface area contributed by atoms with Crippen LogP contribution >= 0.6 is 0 Å². The zero-order chi connectivity index (χ0) is 12.3. The van der Waals surface area contributed by atoms with Crippen molar-refractivity contribution < 1.29 is 14.3 Å². The molecule has 2 rings (SSSR count). The molecule has 1 unspecified atom stereocenters. The van der Waals surface area contributed by atoms with Gasteiger partial charge in [-0.15, -0.1) is 0 Å². The summed E-state index contributed by atoms with van der Waals surface area (Å²) in [5.41, 5.74) is 6.96. The highest BCUT2D eigenvalue weighted by Gasteiger charge is 2.28. The number of nitrogen functional groups attached to an aromatic ring is 1. The van der Waals surface area contributed by atoms with Gasteiger partial charge >= 0.3 is 0 Å². The first kappa shape index (κ1) is 11.7. The van der Waals surface area contributed by atoms with Crippen LogP contribution in [0.25, 0.3) is 0 Å². The Bertz CT molecular complexity index is 420. The molecule has 0 saturated carbocycles. The van der Waals surface area contributed by atoms with Crippen LogP contribution in [0.1, 0.15) is 13.3 Å². The molecule has 5 nitrogen and oxygen atoms in total. The van der Waals surface area contributed by atoms with Gasteiger partial charge in [0.25, 0.3) is 5.91 Å². The lowest BCUT2D eigenvalue weighted by Gasteiger charge is -2.26. The molecule has 0 fully saturated rings. The van der Waals surface area contributed by atoms with Crippen LogP contribution in [-0.4, -0.2) is 25.2 Å². The Balaban J connectivity index is 2.09. The zero-order valence-corrected chi connectivity index (χ0v) is 9.73. The minimum absolute atomic E-state index is 0.150. The maximum Gasteiger partial charge on any atom is 0.265 e. The Labute approximate surface area is 99.9 Å². The Morgan fingerprint density at radius 3 is 3.12 bits per heavy atom. The van der Waals surface area contributed by atoms with E-state index in [0.29, 0.717) is 36.8 Å². The highest BCUT2D eigenvalue weighted by molar-refractivity contribution is 5.99. The van der Waals surface area contributed by atoms with Crippen molar-refractivity contribution >= 4 is 17.3 Å². The van der Waals surface area contributed by atoms with Gasteiger partial charge in [0.1, 0.15) is 0 Å². The lowest BCUT2D eigenvalue weighted by molar-refractivity contribution is -0.124. The number of hydrogen-bond acceptors (Lipinski definition) is 4. The smallest absolute Gasteiger partial charge is 0.265 e. The van der Waals surface area contributed by atoms with E-state index in [4.69, 9.17) is 15.2 Å². The Morgan fingerprint density at radius 1 is 1.53 bits per heavy atom. The van der Waals surface area contributed by atoms with Gasteiger partial charge in [-0.1, -0.05) is 6.07 Å². The molecule has 17 heavy (non-hydrogen) atoms. The van der Waals surface area contributed by atoms with Crippen LogP contribution in [0.4, 0.5) is 11.4 Å². The Kier molecular flexibility index (Phi) is 3.49. The standard InChI is InChI=1S/C12H16N2O3/c1-2-16-7-6-10-12(15)14-9-5-3-4-8(13)11(9)17-10/h3-5,10H,2,6-7,13H2,1H3,(H,14,15). The second kappa shape index (κ2) is 5.05. The van der Waals surface area contributed by atoms with Gasteiger partial charge in [0, 0.05) is 13.0 Å². The molecule has 0 radical (unpaired) electrons. The fourth-order valence-corrected chi connectivity index (χ4v) is 1.72. The highest BCUT2D eigenvalue weighted by Crippen LogP contribution is 2.35. The topological polar surface area (TPSA) is 73.6 Å². The van der Waals surface area contributed by atoms with Crippen LogP contribution in [0.2, 0.25) is 0 Å². The number of nitrogens with two attached hydrogens (primary N) is 1. The average Bonchev–Trinajstić information content (AvgIpc) is 2.31. The van der Waals surface area contributed by atoms with Crippen molar-refractivity contribution in [1.82, 2.24) is 0 Å². The molecule has 92 valence electrons. The summed E-state index contributed by atoms with van der Waals surface area (Å²) in [5, 5.41) is 2.78. The van der Waals surface area contributed by atoms with Crippen LogP contribution in [0.3, 0.4) is 0 Å². The minimum atomic E-state index is -0.529. The number of carbonyl (C=O) groups is 1. The molecular weight excluding hydrogens is 220 g/mol. The third-order valence-corrected chi connectivity index (χ3v) is 2.58. The fraction of sp³-hybridized carbons (Fsp3) is 0.417. The molecule has 1 aliphatic heterocycles. The minimum Gasteiger partial charge on any atom is -0.476 e. The van der Waals surface area contributed by atoms with Crippen LogP contribution in [0, 0.1) is 0 Å². The SMILES string of the molecule is CCOCCC1Oc2c(N)cccc2NC1=O. The number of hydrogen-bond donors (Lipinski definition) is 2. The van der Waals surface area contributed by atoms with Gasteiger partial charge in [-0.3, -0.25) is 4.79 Å². The second-order valence-corrected chi connectivity index (χ2v) is 3.81. The van der Waals surface area contributed by atoms with Crippen molar-refractivity contribution in [2.45, 2.75) is 19.4 Å². The molecule has 1 amide bonds. The number of amides is 1. The van der Waals surface area contributed by atoms with E-state index in [0.717, 1.165) is 0 Å². The summed E-state index contributed by atoms with van der Waals surface area (Å²) < 4.78 is 10.8. The van der Waals surface area contributed by atoms with Gasteiger partial charge in [-0.25, -0.2) is 0 Å². The van der Waals surface area contributed by atoms with E-state index < -0.39 is 6.10 Å². The molecule has 0 spiro atoms. The highest BCUT2D eigenvalue weighted by atomic mass is 16.5. The summed E-state index contributed by atoms with van der Waals surface area (Å²) in [6, 6.07) is 5.29. The van der Waals surface area contributed by atoms with E-state index in [2.05, 4.69) is 5.32 Å². The predicted octanol–water partition coefficient (Wildman–Crippen LogP) is 1.39. The molecule has 1 heterocycles. The van der Waals surface area contributed by atoms with Crippen molar-refractivity contribution in [3.8, 4) is 5.75 Å². The zero-order valence-electron chi connectivity index (χ0n) is 9.73. The first-order chi connectivity index (χ1) is 8.22. The van der Waals surface area contributed by atoms with Crippen molar-refractivity contribution in [1.29, 1.82) is 0 Å². The largest absolute Gasteiger partial charge is 0.476 e. The lowest BCUT2D eigenvalue weighted by atomic mass is 10.1. The molecule has 1 atom stereocenters. The van der Waals surface area contributed by atoms with Gasteiger partial charge < -0.3 is 20.5 Å². The van der Waals surface area contributed by atoms with Crippen molar-refractivity contribution in [2.24, 2.45) is 0 Å². The first-order valence-electron chi connectivity index (χ1n) is 5.66. The third-order valence-electron chi connectivity index (χ3n) is 2.58. The molecule has 5 heteroatoms. The van der Waals surface area contributed by atoms with E-state index in [1.165, 1.54) is 0 Å². The van der Waals surface area contributed by atoms with E-state index >= 15 is 0 Å². The van der Waals surface area contributed by atoms with Gasteiger partial charge in [0.2, 0.25) is 0 Å². The Hall–Kier alpha value is -1.75. The maximum atomic E-state index is 11.7. The average molecular weight is 236 g/mol. The lowest BCUT2D eigenvalue weighted by Crippen LogP contribution is -2.38. The fourth-order valence-electron chi connectivity index (χ4n) is 1.72.